The van der Waals surface area contributed by atoms with Crippen LogP contribution in [0.25, 0.3) is 0 Å². The number of aliphatic hydroxyl groups excluding tert-OH is 2. The monoisotopic (exact) mass is 516 g/mol. The molecule has 2 spiro atoms. The highest BCUT2D eigenvalue weighted by Crippen LogP contribution is 2.77. The second-order valence-corrected chi connectivity index (χ2v) is 13.3. The summed E-state index contributed by atoms with van der Waals surface area (Å²) in [5, 5.41) is 48.7. The Morgan fingerprint density at radius 2 is 1.78 bits per heavy atom. The van der Waals surface area contributed by atoms with Gasteiger partial charge in [-0.25, -0.2) is 14.6 Å². The molecule has 3 aliphatic heterocycles. The number of esters is 1. The van der Waals surface area contributed by atoms with Crippen molar-refractivity contribution in [2.24, 2.45) is 34.5 Å². The van der Waals surface area contributed by atoms with E-state index in [1.54, 1.807) is 39.8 Å². The number of carbonyl (C=O) groups is 2. The first-order valence-electron chi connectivity index (χ1n) is 13.5. The van der Waals surface area contributed by atoms with Gasteiger partial charge in [0.1, 0.15) is 11.7 Å². The molecule has 9 heteroatoms. The van der Waals surface area contributed by atoms with Gasteiger partial charge in [-0.05, 0) is 81.9 Å². The molecule has 202 valence electrons. The fourth-order valence-corrected chi connectivity index (χ4v) is 10.7. The number of rotatable bonds is 0. The minimum Gasteiger partial charge on any atom is -0.445 e. The zero-order valence-electron chi connectivity index (χ0n) is 21.9. The fraction of sp³-hybridized carbons (Fsp3) is 0.786. The summed E-state index contributed by atoms with van der Waals surface area (Å²) in [5.74, 6) is -2.53. The lowest BCUT2D eigenvalue weighted by Gasteiger charge is -2.73. The molecule has 0 aromatic rings. The van der Waals surface area contributed by atoms with Gasteiger partial charge < -0.3 is 25.2 Å². The molecule has 8 rings (SSSR count). The van der Waals surface area contributed by atoms with Crippen molar-refractivity contribution in [3.05, 3.63) is 23.3 Å². The zero-order chi connectivity index (χ0) is 26.7. The van der Waals surface area contributed by atoms with E-state index in [1.165, 1.54) is 0 Å². The largest absolute Gasteiger partial charge is 0.445 e. The second-order valence-electron chi connectivity index (χ2n) is 13.3. The number of Topliss-reactive ketones (excluding diaryl/α,β-unsaturated/α-hetero) is 1. The van der Waals surface area contributed by atoms with Crippen LogP contribution in [-0.4, -0.2) is 72.9 Å². The Hall–Kier alpha value is -1.62. The minimum atomic E-state index is -1.89. The van der Waals surface area contributed by atoms with Gasteiger partial charge in [0.15, 0.2) is 23.1 Å². The topological polar surface area (TPSA) is 143 Å². The van der Waals surface area contributed by atoms with Gasteiger partial charge in [-0.2, -0.15) is 0 Å². The molecule has 0 radical (unpaired) electrons. The van der Waals surface area contributed by atoms with E-state index < -0.39 is 69.4 Å². The van der Waals surface area contributed by atoms with E-state index in [9.17, 15) is 30.0 Å². The first-order valence-corrected chi connectivity index (χ1v) is 13.5. The number of ketones is 1. The summed E-state index contributed by atoms with van der Waals surface area (Å²) in [6, 6.07) is 0. The summed E-state index contributed by atoms with van der Waals surface area (Å²) in [4.78, 5) is 38.0. The van der Waals surface area contributed by atoms with Crippen LogP contribution < -0.4 is 0 Å². The summed E-state index contributed by atoms with van der Waals surface area (Å²) >= 11 is 0. The minimum absolute atomic E-state index is 0.0186. The highest BCUT2D eigenvalue weighted by Gasteiger charge is 2.87. The van der Waals surface area contributed by atoms with Crippen LogP contribution in [0.4, 0.5) is 0 Å². The molecule has 2 bridgehead atoms. The molecule has 3 heterocycles. The van der Waals surface area contributed by atoms with Gasteiger partial charge >= 0.3 is 5.97 Å². The smallest absolute Gasteiger partial charge is 0.334 e. The van der Waals surface area contributed by atoms with Crippen molar-refractivity contribution in [1.82, 2.24) is 0 Å². The van der Waals surface area contributed by atoms with E-state index in [4.69, 9.17) is 14.5 Å². The Labute approximate surface area is 215 Å². The third-order valence-electron chi connectivity index (χ3n) is 12.9. The van der Waals surface area contributed by atoms with Crippen molar-refractivity contribution in [3.8, 4) is 0 Å². The van der Waals surface area contributed by atoms with E-state index in [-0.39, 0.29) is 24.0 Å². The number of fused-ring (bicyclic) bond motifs is 4. The van der Waals surface area contributed by atoms with Crippen molar-refractivity contribution < 1.29 is 44.5 Å². The maximum absolute atomic E-state index is 13.9. The maximum atomic E-state index is 13.9. The molecule has 8 aliphatic rings. The van der Waals surface area contributed by atoms with Gasteiger partial charge in [-0.3, -0.25) is 4.79 Å². The van der Waals surface area contributed by atoms with Crippen LogP contribution in [0.5, 0.6) is 0 Å². The molecule has 5 aliphatic carbocycles. The summed E-state index contributed by atoms with van der Waals surface area (Å²) in [6.45, 7) is 8.73. The van der Waals surface area contributed by atoms with Crippen molar-refractivity contribution in [3.63, 3.8) is 0 Å². The van der Waals surface area contributed by atoms with Crippen LogP contribution in [0.3, 0.4) is 0 Å². The molecule has 0 amide bonds. The Morgan fingerprint density at radius 1 is 1.08 bits per heavy atom. The van der Waals surface area contributed by atoms with E-state index in [1.807, 2.05) is 6.92 Å². The molecule has 37 heavy (non-hydrogen) atoms. The van der Waals surface area contributed by atoms with Gasteiger partial charge in [0, 0.05) is 16.9 Å². The SMILES string of the molecule is CC1=C(C)[C@]2(OC1=O)[C@H](O)[C@@H](C)[C@]1(O)CC[C@H]3[C@@H]4C[C@@H](O)[C@]56C=C[C@H](OO5)C(=O)[C@]6(C)[C@H]4C[C@@]2(O)[C@@]31C. The van der Waals surface area contributed by atoms with Gasteiger partial charge in [0.05, 0.1) is 17.1 Å². The maximum Gasteiger partial charge on any atom is 0.334 e. The zero-order valence-corrected chi connectivity index (χ0v) is 21.9. The lowest BCUT2D eigenvalue weighted by atomic mass is 9.34. The standard InChI is InChI=1S/C28H36O9/c1-12-13(2)28(35-22(12)32)20(30)14(3)25(33)8-6-16-15-10-19(29)26-9-7-18(36-37-26)21(31)23(26,4)17(15)11-27(28,34)24(16,25)5/h7,9,14-20,29-30,33-34H,6,8,10-11H2,1-5H3/t14-,15+,16+,17+,18+,19-,20-,23+,24+,25-,26+,27-,28+/m1/s1. The van der Waals surface area contributed by atoms with Crippen LogP contribution in [0.1, 0.15) is 60.3 Å². The Kier molecular flexibility index (Phi) is 4.33. The van der Waals surface area contributed by atoms with Crippen LogP contribution >= 0.6 is 0 Å². The third kappa shape index (κ3) is 2.06. The molecule has 0 aromatic carbocycles. The number of ether oxygens (including phenoxy) is 1. The van der Waals surface area contributed by atoms with Gasteiger partial charge in [0.2, 0.25) is 0 Å². The van der Waals surface area contributed by atoms with Crippen molar-refractivity contribution in [2.75, 3.05) is 0 Å². The Morgan fingerprint density at radius 3 is 2.38 bits per heavy atom. The first-order chi connectivity index (χ1) is 17.2. The highest BCUT2D eigenvalue weighted by molar-refractivity contribution is 5.95. The molecule has 0 unspecified atom stereocenters. The molecule has 13 atom stereocenters. The van der Waals surface area contributed by atoms with Gasteiger partial charge in [0.25, 0.3) is 0 Å². The van der Waals surface area contributed by atoms with Crippen molar-refractivity contribution in [2.45, 2.75) is 101 Å². The first kappa shape index (κ1) is 24.4. The molecule has 0 aromatic heterocycles. The number of carbonyl (C=O) groups excluding carboxylic acids is 2. The van der Waals surface area contributed by atoms with E-state index >= 15 is 0 Å². The molecule has 1 saturated heterocycles. The van der Waals surface area contributed by atoms with E-state index in [0.29, 0.717) is 30.4 Å². The lowest BCUT2D eigenvalue weighted by molar-refractivity contribution is -0.440. The van der Waals surface area contributed by atoms with Crippen LogP contribution in [0, 0.1) is 34.5 Å². The predicted molar refractivity (Wildman–Crippen MR) is 126 cm³/mol. The fourth-order valence-electron chi connectivity index (χ4n) is 10.7. The van der Waals surface area contributed by atoms with Crippen LogP contribution in [-0.2, 0) is 24.1 Å². The quantitative estimate of drug-likeness (QED) is 0.212. The van der Waals surface area contributed by atoms with Crippen LogP contribution in [0.2, 0.25) is 0 Å². The predicted octanol–water partition coefficient (Wildman–Crippen LogP) is 1.12. The van der Waals surface area contributed by atoms with E-state index in [2.05, 4.69) is 0 Å². The normalized spacial score (nSPS) is 61.5. The number of aliphatic hydroxyl groups is 4. The summed E-state index contributed by atoms with van der Waals surface area (Å²) in [5.41, 5.74) is -8.16. The summed E-state index contributed by atoms with van der Waals surface area (Å²) in [6.07, 6.45) is 1.21. The van der Waals surface area contributed by atoms with Crippen molar-refractivity contribution >= 4 is 11.8 Å². The molecule has 9 nitrogen and oxygen atoms in total. The van der Waals surface area contributed by atoms with Gasteiger partial charge in [-0.1, -0.05) is 13.8 Å². The number of hydrogen-bond acceptors (Lipinski definition) is 9. The molecule has 4 N–H and O–H groups in total. The highest BCUT2D eigenvalue weighted by atomic mass is 17.2. The average Bonchev–Trinajstić information content (AvgIpc) is 3.29. The van der Waals surface area contributed by atoms with Crippen LogP contribution in [0.15, 0.2) is 23.3 Å². The number of hydrogen-bond donors (Lipinski definition) is 4. The second kappa shape index (κ2) is 6.57. The molecule has 5 fully saturated rings. The molecular formula is C28H36O9. The lowest BCUT2D eigenvalue weighted by Crippen LogP contribution is -2.85. The molecule has 4 saturated carbocycles. The van der Waals surface area contributed by atoms with Gasteiger partial charge in [-0.15, -0.1) is 0 Å². The summed E-state index contributed by atoms with van der Waals surface area (Å²) in [7, 11) is 0. The molecular weight excluding hydrogens is 480 g/mol. The Bertz CT molecular complexity index is 1210. The van der Waals surface area contributed by atoms with Crippen molar-refractivity contribution in [1.29, 1.82) is 0 Å². The average molecular weight is 517 g/mol. The third-order valence-corrected chi connectivity index (χ3v) is 12.9. The summed E-state index contributed by atoms with van der Waals surface area (Å²) < 4.78 is 6.03. The van der Waals surface area contributed by atoms with E-state index in [0.717, 1.165) is 0 Å². The Balaban J connectivity index is 1.50.